The van der Waals surface area contributed by atoms with Crippen molar-refractivity contribution in [1.29, 1.82) is 0 Å². The van der Waals surface area contributed by atoms with Gasteiger partial charge in [0, 0.05) is 12.7 Å². The first kappa shape index (κ1) is 15.5. The van der Waals surface area contributed by atoms with Crippen LogP contribution in [0, 0.1) is 0 Å². The van der Waals surface area contributed by atoms with Gasteiger partial charge in [-0.15, -0.1) is 11.8 Å². The first-order chi connectivity index (χ1) is 8.86. The lowest BCUT2D eigenvalue weighted by Gasteiger charge is -2.34. The molecule has 1 heterocycles. The number of carboxylic acid groups (broad SMARTS) is 1. The van der Waals surface area contributed by atoms with Gasteiger partial charge in [-0.1, -0.05) is 0 Å². The van der Waals surface area contributed by atoms with Crippen molar-refractivity contribution >= 4 is 23.6 Å². The minimum absolute atomic E-state index is 0.313. The molecule has 1 amide bonds. The van der Waals surface area contributed by atoms with Crippen LogP contribution in [0.4, 0.5) is 0 Å². The first-order valence-electron chi connectivity index (χ1n) is 5.90. The number of aromatic nitrogens is 1. The molecule has 104 valence electrons. The van der Waals surface area contributed by atoms with Crippen molar-refractivity contribution in [3.63, 3.8) is 0 Å². The highest BCUT2D eigenvalue weighted by Gasteiger charge is 2.37. The molecule has 0 aliphatic rings. The number of rotatable bonds is 5. The Labute approximate surface area is 117 Å². The molecule has 6 heteroatoms. The van der Waals surface area contributed by atoms with Crippen LogP contribution in [0.15, 0.2) is 23.4 Å². The summed E-state index contributed by atoms with van der Waals surface area (Å²) < 4.78 is 0. The Hall–Kier alpha value is -1.56. The lowest BCUT2D eigenvalue weighted by Crippen LogP contribution is -2.53. The summed E-state index contributed by atoms with van der Waals surface area (Å²) in [6.45, 7) is 5.12. The largest absolute Gasteiger partial charge is 0.480 e. The average molecular weight is 282 g/mol. The van der Waals surface area contributed by atoms with E-state index >= 15 is 0 Å². The summed E-state index contributed by atoms with van der Waals surface area (Å²) in [6, 6.07) is 3.34. The molecule has 0 spiro atoms. The van der Waals surface area contributed by atoms with Crippen molar-refractivity contribution in [3.05, 3.63) is 23.9 Å². The van der Waals surface area contributed by atoms with Crippen LogP contribution in [0.1, 0.15) is 31.1 Å². The smallest absolute Gasteiger partial charge is 0.329 e. The van der Waals surface area contributed by atoms with E-state index < -0.39 is 11.5 Å². The van der Waals surface area contributed by atoms with E-state index in [4.69, 9.17) is 0 Å². The number of hydrogen-bond acceptors (Lipinski definition) is 4. The summed E-state index contributed by atoms with van der Waals surface area (Å²) in [5.74, 6) is -1.34. The standard InChI is InChI=1S/C13H18N2O3S/c1-5-15(13(2,3)12(17)18)11(16)9-7-6-8-14-10(9)19-4/h6-8H,5H2,1-4H3,(H,17,18). The fraction of sp³-hybridized carbons (Fsp3) is 0.462. The first-order valence-corrected chi connectivity index (χ1v) is 7.13. The summed E-state index contributed by atoms with van der Waals surface area (Å²) >= 11 is 1.36. The Kier molecular flexibility index (Phi) is 4.94. The molecule has 1 N–H and O–H groups in total. The van der Waals surface area contributed by atoms with E-state index in [1.807, 2.05) is 6.26 Å². The van der Waals surface area contributed by atoms with Gasteiger partial charge in [-0.3, -0.25) is 4.79 Å². The molecule has 0 aromatic carbocycles. The molecule has 1 aromatic rings. The zero-order valence-electron chi connectivity index (χ0n) is 11.5. The molecule has 0 saturated carbocycles. The number of hydrogen-bond donors (Lipinski definition) is 1. The number of thioether (sulfide) groups is 1. The normalized spacial score (nSPS) is 11.2. The minimum Gasteiger partial charge on any atom is -0.480 e. The van der Waals surface area contributed by atoms with Crippen molar-refractivity contribution in [2.75, 3.05) is 12.8 Å². The van der Waals surface area contributed by atoms with E-state index in [9.17, 15) is 14.7 Å². The zero-order valence-corrected chi connectivity index (χ0v) is 12.3. The Morgan fingerprint density at radius 2 is 2.11 bits per heavy atom. The number of carbonyl (C=O) groups is 2. The van der Waals surface area contributed by atoms with Crippen LogP contribution in [-0.4, -0.2) is 45.2 Å². The number of likely N-dealkylation sites (N-methyl/N-ethyl adjacent to an activating group) is 1. The molecule has 5 nitrogen and oxygen atoms in total. The Balaban J connectivity index is 3.20. The zero-order chi connectivity index (χ0) is 14.6. The second-order valence-corrected chi connectivity index (χ2v) is 5.27. The van der Waals surface area contributed by atoms with E-state index in [-0.39, 0.29) is 5.91 Å². The lowest BCUT2D eigenvalue weighted by atomic mass is 10.0. The number of aliphatic carboxylic acids is 1. The third-order valence-corrected chi connectivity index (χ3v) is 3.67. The monoisotopic (exact) mass is 282 g/mol. The predicted molar refractivity (Wildman–Crippen MR) is 74.4 cm³/mol. The van der Waals surface area contributed by atoms with Gasteiger partial charge in [0.15, 0.2) is 0 Å². The summed E-state index contributed by atoms with van der Waals surface area (Å²) in [7, 11) is 0. The van der Waals surface area contributed by atoms with Crippen LogP contribution in [0.5, 0.6) is 0 Å². The van der Waals surface area contributed by atoms with Gasteiger partial charge in [-0.2, -0.15) is 0 Å². The van der Waals surface area contributed by atoms with E-state index in [1.165, 1.54) is 30.5 Å². The third kappa shape index (κ3) is 3.07. The van der Waals surface area contributed by atoms with Crippen molar-refractivity contribution < 1.29 is 14.7 Å². The second kappa shape index (κ2) is 6.06. The van der Waals surface area contributed by atoms with Gasteiger partial charge >= 0.3 is 5.97 Å². The quantitative estimate of drug-likeness (QED) is 0.838. The predicted octanol–water partition coefficient (Wildman–Crippen LogP) is 2.13. The lowest BCUT2D eigenvalue weighted by molar-refractivity contribution is -0.147. The molecular formula is C13H18N2O3S. The van der Waals surface area contributed by atoms with Crippen LogP contribution in [0.25, 0.3) is 0 Å². The molecule has 0 aliphatic heterocycles. The molecular weight excluding hydrogens is 264 g/mol. The molecule has 1 rings (SSSR count). The highest BCUT2D eigenvalue weighted by Crippen LogP contribution is 2.23. The maximum atomic E-state index is 12.5. The fourth-order valence-electron chi connectivity index (χ4n) is 1.77. The van der Waals surface area contributed by atoms with Crippen molar-refractivity contribution in [3.8, 4) is 0 Å². The van der Waals surface area contributed by atoms with Gasteiger partial charge in [-0.05, 0) is 39.2 Å². The van der Waals surface area contributed by atoms with Crippen LogP contribution in [0.2, 0.25) is 0 Å². The van der Waals surface area contributed by atoms with E-state index in [2.05, 4.69) is 4.98 Å². The van der Waals surface area contributed by atoms with Crippen molar-refractivity contribution in [1.82, 2.24) is 9.88 Å². The average Bonchev–Trinajstić information content (AvgIpc) is 2.38. The number of pyridine rings is 1. The van der Waals surface area contributed by atoms with Crippen LogP contribution in [-0.2, 0) is 4.79 Å². The second-order valence-electron chi connectivity index (χ2n) is 4.47. The minimum atomic E-state index is -1.25. The summed E-state index contributed by atoms with van der Waals surface area (Å²) in [6.07, 6.45) is 3.44. The molecule has 19 heavy (non-hydrogen) atoms. The van der Waals surface area contributed by atoms with Crippen molar-refractivity contribution in [2.24, 2.45) is 0 Å². The fourth-order valence-corrected chi connectivity index (χ4v) is 2.31. The molecule has 0 radical (unpaired) electrons. The Bertz CT molecular complexity index is 489. The highest BCUT2D eigenvalue weighted by molar-refractivity contribution is 7.98. The maximum Gasteiger partial charge on any atom is 0.329 e. The number of amides is 1. The number of carbonyl (C=O) groups excluding carboxylic acids is 1. The van der Waals surface area contributed by atoms with Gasteiger partial charge < -0.3 is 10.0 Å². The summed E-state index contributed by atoms with van der Waals surface area (Å²) in [5.41, 5.74) is -0.816. The number of carboxylic acids is 1. The SMILES string of the molecule is CCN(C(=O)c1cccnc1SC)C(C)(C)C(=O)O. The van der Waals surface area contributed by atoms with E-state index in [1.54, 1.807) is 25.3 Å². The molecule has 0 fully saturated rings. The van der Waals surface area contributed by atoms with Gasteiger partial charge in [0.2, 0.25) is 0 Å². The van der Waals surface area contributed by atoms with Gasteiger partial charge in [0.25, 0.3) is 5.91 Å². The molecule has 0 saturated heterocycles. The van der Waals surface area contributed by atoms with Crippen LogP contribution < -0.4 is 0 Å². The molecule has 1 aromatic heterocycles. The molecule has 0 unspecified atom stereocenters. The molecule has 0 bridgehead atoms. The topological polar surface area (TPSA) is 70.5 Å². The van der Waals surface area contributed by atoms with Crippen molar-refractivity contribution in [2.45, 2.75) is 31.3 Å². The number of nitrogens with zero attached hydrogens (tertiary/aromatic N) is 2. The summed E-state index contributed by atoms with van der Waals surface area (Å²) in [4.78, 5) is 29.3. The third-order valence-electron chi connectivity index (χ3n) is 2.95. The maximum absolute atomic E-state index is 12.5. The van der Waals surface area contributed by atoms with Crippen LogP contribution in [0.3, 0.4) is 0 Å². The molecule has 0 atom stereocenters. The summed E-state index contributed by atoms with van der Waals surface area (Å²) in [5, 5.41) is 9.85. The van der Waals surface area contributed by atoms with Crippen LogP contribution >= 0.6 is 11.8 Å². The van der Waals surface area contributed by atoms with Gasteiger partial charge in [0.05, 0.1) is 5.56 Å². The van der Waals surface area contributed by atoms with E-state index in [0.29, 0.717) is 17.1 Å². The van der Waals surface area contributed by atoms with Gasteiger partial charge in [-0.25, -0.2) is 9.78 Å². The van der Waals surface area contributed by atoms with Gasteiger partial charge in [0.1, 0.15) is 10.6 Å². The Morgan fingerprint density at radius 3 is 2.58 bits per heavy atom. The molecule has 0 aliphatic carbocycles. The van der Waals surface area contributed by atoms with E-state index in [0.717, 1.165) is 0 Å². The highest BCUT2D eigenvalue weighted by atomic mass is 32.2. The Morgan fingerprint density at radius 1 is 1.47 bits per heavy atom.